The summed E-state index contributed by atoms with van der Waals surface area (Å²) < 4.78 is 5.29. The molecule has 1 fully saturated rings. The molecule has 16 heavy (non-hydrogen) atoms. The van der Waals surface area contributed by atoms with Crippen LogP contribution < -0.4 is 0 Å². The van der Waals surface area contributed by atoms with Gasteiger partial charge in [0.05, 0.1) is 12.1 Å². The second-order valence-corrected chi connectivity index (χ2v) is 4.39. The highest BCUT2D eigenvalue weighted by molar-refractivity contribution is 5.66. The van der Waals surface area contributed by atoms with Gasteiger partial charge in [0.25, 0.3) is 0 Å². The van der Waals surface area contributed by atoms with Crippen molar-refractivity contribution in [3.8, 4) is 0 Å². The highest BCUT2D eigenvalue weighted by Crippen LogP contribution is 2.31. The van der Waals surface area contributed by atoms with Crippen molar-refractivity contribution >= 4 is 5.97 Å². The molecule has 1 N–H and O–H groups in total. The van der Waals surface area contributed by atoms with Crippen molar-refractivity contribution in [2.45, 2.75) is 50.9 Å². The topological polar surface area (TPSA) is 63.3 Å². The van der Waals surface area contributed by atoms with Crippen LogP contribution in [0.1, 0.15) is 56.0 Å². The van der Waals surface area contributed by atoms with Crippen LogP contribution in [0.4, 0.5) is 0 Å². The Morgan fingerprint density at radius 1 is 1.44 bits per heavy atom. The molecule has 1 aliphatic carbocycles. The maximum atomic E-state index is 10.4. The zero-order valence-electron chi connectivity index (χ0n) is 9.32. The Bertz CT molecular complexity index is 353. The lowest BCUT2D eigenvalue weighted by Crippen LogP contribution is -2.05. The minimum absolute atomic E-state index is 0.0879. The number of aliphatic carboxylic acids is 1. The lowest BCUT2D eigenvalue weighted by molar-refractivity contribution is -0.137. The van der Waals surface area contributed by atoms with Crippen LogP contribution >= 0.6 is 0 Å². The van der Waals surface area contributed by atoms with E-state index in [0.717, 1.165) is 5.69 Å². The van der Waals surface area contributed by atoms with Crippen LogP contribution in [0.3, 0.4) is 0 Å². The Morgan fingerprint density at radius 3 is 2.88 bits per heavy atom. The Morgan fingerprint density at radius 2 is 2.19 bits per heavy atom. The third-order valence-corrected chi connectivity index (χ3v) is 3.15. The number of carboxylic acids is 1. The first-order valence-electron chi connectivity index (χ1n) is 5.92. The normalized spacial score (nSPS) is 17.5. The first-order chi connectivity index (χ1) is 7.75. The molecule has 0 spiro atoms. The van der Waals surface area contributed by atoms with E-state index in [1.54, 1.807) is 6.26 Å². The number of carboxylic acid groups (broad SMARTS) is 1. The standard InChI is InChI=1S/C12H17NO3/c14-12(15)7-6-11-13-10(8-16-11)9-4-2-1-3-5-9/h8-9H,1-7H2,(H,14,15). The summed E-state index contributed by atoms with van der Waals surface area (Å²) in [7, 11) is 0. The van der Waals surface area contributed by atoms with Crippen LogP contribution in [0.2, 0.25) is 0 Å². The first-order valence-corrected chi connectivity index (χ1v) is 5.92. The predicted octanol–water partition coefficient (Wildman–Crippen LogP) is 2.74. The minimum atomic E-state index is -0.808. The summed E-state index contributed by atoms with van der Waals surface area (Å²) in [6.45, 7) is 0. The second-order valence-electron chi connectivity index (χ2n) is 4.39. The summed E-state index contributed by atoms with van der Waals surface area (Å²) in [5, 5.41) is 8.56. The van der Waals surface area contributed by atoms with Gasteiger partial charge in [-0.15, -0.1) is 0 Å². The molecule has 0 unspecified atom stereocenters. The lowest BCUT2D eigenvalue weighted by Gasteiger charge is -2.18. The largest absolute Gasteiger partial charge is 0.481 e. The van der Waals surface area contributed by atoms with E-state index >= 15 is 0 Å². The van der Waals surface area contributed by atoms with Gasteiger partial charge in [0.15, 0.2) is 5.89 Å². The molecule has 0 aliphatic heterocycles. The number of aromatic nitrogens is 1. The SMILES string of the molecule is O=C(O)CCc1nc(C2CCCCC2)co1. The average Bonchev–Trinajstić information content (AvgIpc) is 2.76. The van der Waals surface area contributed by atoms with Crippen molar-refractivity contribution in [2.24, 2.45) is 0 Å². The summed E-state index contributed by atoms with van der Waals surface area (Å²) in [4.78, 5) is 14.8. The average molecular weight is 223 g/mol. The highest BCUT2D eigenvalue weighted by Gasteiger charge is 2.19. The fraction of sp³-hybridized carbons (Fsp3) is 0.667. The molecular formula is C12H17NO3. The molecule has 1 aromatic rings. The molecule has 1 aliphatic rings. The molecule has 1 aromatic heterocycles. The zero-order chi connectivity index (χ0) is 11.4. The van der Waals surface area contributed by atoms with Crippen LogP contribution in [-0.4, -0.2) is 16.1 Å². The fourth-order valence-electron chi connectivity index (χ4n) is 2.24. The fourth-order valence-corrected chi connectivity index (χ4v) is 2.24. The number of aryl methyl sites for hydroxylation is 1. The van der Waals surface area contributed by atoms with E-state index in [0.29, 0.717) is 18.2 Å². The molecule has 1 heterocycles. The van der Waals surface area contributed by atoms with E-state index in [1.807, 2.05) is 0 Å². The summed E-state index contributed by atoms with van der Waals surface area (Å²) in [5.41, 5.74) is 1.01. The monoisotopic (exact) mass is 223 g/mol. The van der Waals surface area contributed by atoms with E-state index in [1.165, 1.54) is 32.1 Å². The van der Waals surface area contributed by atoms with Crippen LogP contribution in [0.5, 0.6) is 0 Å². The van der Waals surface area contributed by atoms with Gasteiger partial charge >= 0.3 is 5.97 Å². The van der Waals surface area contributed by atoms with Gasteiger partial charge in [-0.2, -0.15) is 0 Å². The molecule has 2 rings (SSSR count). The zero-order valence-corrected chi connectivity index (χ0v) is 9.32. The quantitative estimate of drug-likeness (QED) is 0.852. The summed E-state index contributed by atoms with van der Waals surface area (Å²) in [6.07, 6.45) is 8.40. The summed E-state index contributed by atoms with van der Waals surface area (Å²) in [5.74, 6) is 0.275. The van der Waals surface area contributed by atoms with Gasteiger partial charge < -0.3 is 9.52 Å². The lowest BCUT2D eigenvalue weighted by atomic mass is 9.87. The maximum Gasteiger partial charge on any atom is 0.303 e. The van der Waals surface area contributed by atoms with E-state index < -0.39 is 5.97 Å². The molecule has 0 bridgehead atoms. The van der Waals surface area contributed by atoms with Gasteiger partial charge in [-0.1, -0.05) is 19.3 Å². The van der Waals surface area contributed by atoms with E-state index in [2.05, 4.69) is 4.98 Å². The first kappa shape index (κ1) is 11.2. The van der Waals surface area contributed by atoms with Gasteiger partial charge in [0.2, 0.25) is 0 Å². The van der Waals surface area contributed by atoms with Crippen molar-refractivity contribution < 1.29 is 14.3 Å². The molecule has 0 saturated heterocycles. The Hall–Kier alpha value is -1.32. The summed E-state index contributed by atoms with van der Waals surface area (Å²) in [6, 6.07) is 0. The number of rotatable bonds is 4. The van der Waals surface area contributed by atoms with Crippen molar-refractivity contribution in [2.75, 3.05) is 0 Å². The smallest absolute Gasteiger partial charge is 0.303 e. The van der Waals surface area contributed by atoms with Gasteiger partial charge in [-0.25, -0.2) is 4.98 Å². The molecule has 0 amide bonds. The van der Waals surface area contributed by atoms with Gasteiger partial charge in [0, 0.05) is 12.3 Å². The molecule has 0 radical (unpaired) electrons. The van der Waals surface area contributed by atoms with Gasteiger partial charge in [-0.05, 0) is 12.8 Å². The number of hydrogen-bond donors (Lipinski definition) is 1. The van der Waals surface area contributed by atoms with E-state index in [4.69, 9.17) is 9.52 Å². The Balaban J connectivity index is 1.93. The third kappa shape index (κ3) is 2.84. The molecule has 4 heteroatoms. The van der Waals surface area contributed by atoms with Crippen molar-refractivity contribution in [3.05, 3.63) is 17.8 Å². The molecular weight excluding hydrogens is 206 g/mol. The Kier molecular flexibility index (Phi) is 3.59. The van der Waals surface area contributed by atoms with Gasteiger partial charge in [0.1, 0.15) is 6.26 Å². The second kappa shape index (κ2) is 5.14. The molecule has 0 aromatic carbocycles. The predicted molar refractivity (Wildman–Crippen MR) is 58.3 cm³/mol. The molecule has 4 nitrogen and oxygen atoms in total. The van der Waals surface area contributed by atoms with Gasteiger partial charge in [-0.3, -0.25) is 4.79 Å². The number of oxazole rings is 1. The van der Waals surface area contributed by atoms with Crippen molar-refractivity contribution in [1.29, 1.82) is 0 Å². The minimum Gasteiger partial charge on any atom is -0.481 e. The van der Waals surface area contributed by atoms with Crippen LogP contribution in [-0.2, 0) is 11.2 Å². The highest BCUT2D eigenvalue weighted by atomic mass is 16.4. The van der Waals surface area contributed by atoms with Crippen LogP contribution in [0, 0.1) is 0 Å². The van der Waals surface area contributed by atoms with E-state index in [9.17, 15) is 4.79 Å². The molecule has 1 saturated carbocycles. The van der Waals surface area contributed by atoms with Crippen molar-refractivity contribution in [3.63, 3.8) is 0 Å². The van der Waals surface area contributed by atoms with Crippen LogP contribution in [0.15, 0.2) is 10.7 Å². The Labute approximate surface area is 94.7 Å². The molecule has 0 atom stereocenters. The summed E-state index contributed by atoms with van der Waals surface area (Å²) >= 11 is 0. The van der Waals surface area contributed by atoms with Crippen LogP contribution in [0.25, 0.3) is 0 Å². The molecule has 88 valence electrons. The number of nitrogens with zero attached hydrogens (tertiary/aromatic N) is 1. The number of hydrogen-bond acceptors (Lipinski definition) is 3. The third-order valence-electron chi connectivity index (χ3n) is 3.15. The van der Waals surface area contributed by atoms with Crippen molar-refractivity contribution in [1.82, 2.24) is 4.98 Å². The number of carbonyl (C=O) groups is 1. The van der Waals surface area contributed by atoms with E-state index in [-0.39, 0.29) is 6.42 Å². The maximum absolute atomic E-state index is 10.4.